The maximum atomic E-state index is 12.7. The standard InChI is InChI=1S/C18H26N6O4/c1-18(2)13(21-17(18)28)15(26)22-14(25)12-5-4-6-24(12)16(27)11(19)7-10-8-23(3)9-20-10/h8-9,11-13H,4-7,19H2,1-3H3,(H,21,28)(H,22,25,26)/t11-,12-,13+/m0/s1. The monoisotopic (exact) mass is 390 g/mol. The third-order valence-corrected chi connectivity index (χ3v) is 5.43. The Kier molecular flexibility index (Phi) is 5.24. The molecule has 2 aliphatic rings. The summed E-state index contributed by atoms with van der Waals surface area (Å²) in [5.74, 6) is -1.68. The molecule has 3 heterocycles. The van der Waals surface area contributed by atoms with Gasteiger partial charge < -0.3 is 20.5 Å². The maximum absolute atomic E-state index is 12.7. The van der Waals surface area contributed by atoms with Crippen LogP contribution in [0.25, 0.3) is 0 Å². The summed E-state index contributed by atoms with van der Waals surface area (Å²) in [4.78, 5) is 54.8. The number of aromatic nitrogens is 2. The first-order valence-electron chi connectivity index (χ1n) is 9.30. The molecule has 0 aliphatic carbocycles. The van der Waals surface area contributed by atoms with E-state index in [2.05, 4.69) is 15.6 Å². The first kappa shape index (κ1) is 20.0. The van der Waals surface area contributed by atoms with Crippen LogP contribution in [0.5, 0.6) is 0 Å². The highest BCUT2D eigenvalue weighted by Gasteiger charge is 2.52. The molecule has 0 aromatic carbocycles. The van der Waals surface area contributed by atoms with Gasteiger partial charge in [0.05, 0.1) is 23.5 Å². The van der Waals surface area contributed by atoms with Gasteiger partial charge in [-0.2, -0.15) is 0 Å². The van der Waals surface area contributed by atoms with E-state index in [4.69, 9.17) is 5.73 Å². The topological polar surface area (TPSA) is 139 Å². The molecule has 0 spiro atoms. The van der Waals surface area contributed by atoms with Crippen LogP contribution in [-0.2, 0) is 32.6 Å². The van der Waals surface area contributed by atoms with E-state index in [1.54, 1.807) is 30.9 Å². The van der Waals surface area contributed by atoms with Crippen LogP contribution in [0.3, 0.4) is 0 Å². The second kappa shape index (κ2) is 7.34. The Morgan fingerprint density at radius 1 is 1.39 bits per heavy atom. The van der Waals surface area contributed by atoms with Crippen LogP contribution in [0.15, 0.2) is 12.5 Å². The lowest BCUT2D eigenvalue weighted by Gasteiger charge is -2.42. The number of hydrogen-bond acceptors (Lipinski definition) is 6. The number of nitrogens with one attached hydrogen (secondary N) is 2. The second-order valence-corrected chi connectivity index (χ2v) is 8.01. The Balaban J connectivity index is 1.60. The fourth-order valence-electron chi connectivity index (χ4n) is 3.62. The smallest absolute Gasteiger partial charge is 0.250 e. The molecule has 3 atom stereocenters. The molecule has 28 heavy (non-hydrogen) atoms. The highest BCUT2D eigenvalue weighted by Crippen LogP contribution is 2.29. The van der Waals surface area contributed by atoms with Crippen molar-refractivity contribution in [2.45, 2.75) is 51.2 Å². The van der Waals surface area contributed by atoms with Gasteiger partial charge in [-0.15, -0.1) is 0 Å². The molecule has 2 saturated heterocycles. The van der Waals surface area contributed by atoms with Gasteiger partial charge in [0.25, 0.3) is 0 Å². The minimum absolute atomic E-state index is 0.238. The first-order chi connectivity index (χ1) is 13.1. The number of carbonyl (C=O) groups is 4. The van der Waals surface area contributed by atoms with Gasteiger partial charge in [0.2, 0.25) is 23.6 Å². The molecule has 1 aromatic rings. The molecule has 0 saturated carbocycles. The fourth-order valence-corrected chi connectivity index (χ4v) is 3.62. The molecule has 3 rings (SSSR count). The maximum Gasteiger partial charge on any atom is 0.250 e. The van der Waals surface area contributed by atoms with Crippen LogP contribution in [0.2, 0.25) is 0 Å². The first-order valence-corrected chi connectivity index (χ1v) is 9.30. The Hall–Kier alpha value is -2.75. The normalized spacial score (nSPS) is 24.3. The third kappa shape index (κ3) is 3.64. The van der Waals surface area contributed by atoms with Crippen molar-refractivity contribution in [2.75, 3.05) is 6.54 Å². The number of nitrogens with two attached hydrogens (primary N) is 1. The summed E-state index contributed by atoms with van der Waals surface area (Å²) in [6.45, 7) is 3.69. The summed E-state index contributed by atoms with van der Waals surface area (Å²) in [6.07, 6.45) is 4.80. The van der Waals surface area contributed by atoms with Crippen molar-refractivity contribution in [1.29, 1.82) is 0 Å². The van der Waals surface area contributed by atoms with Gasteiger partial charge in [0.15, 0.2) is 0 Å². The lowest BCUT2D eigenvalue weighted by Crippen LogP contribution is -2.70. The number of hydrogen-bond donors (Lipinski definition) is 3. The van der Waals surface area contributed by atoms with E-state index in [0.717, 1.165) is 0 Å². The van der Waals surface area contributed by atoms with Crippen LogP contribution in [-0.4, -0.2) is 62.7 Å². The van der Waals surface area contributed by atoms with Crippen molar-refractivity contribution in [3.05, 3.63) is 18.2 Å². The lowest BCUT2D eigenvalue weighted by atomic mass is 9.76. The number of carbonyl (C=O) groups excluding carboxylic acids is 4. The molecule has 10 nitrogen and oxygen atoms in total. The zero-order valence-electron chi connectivity index (χ0n) is 16.3. The number of aryl methyl sites for hydroxylation is 1. The van der Waals surface area contributed by atoms with Crippen LogP contribution >= 0.6 is 0 Å². The van der Waals surface area contributed by atoms with E-state index in [-0.39, 0.29) is 18.2 Å². The summed E-state index contributed by atoms with van der Waals surface area (Å²) < 4.78 is 1.77. The molecule has 0 unspecified atom stereocenters. The lowest BCUT2D eigenvalue weighted by molar-refractivity contribution is -0.152. The van der Waals surface area contributed by atoms with Crippen molar-refractivity contribution in [2.24, 2.45) is 18.2 Å². The molecular weight excluding hydrogens is 364 g/mol. The number of imide groups is 1. The summed E-state index contributed by atoms with van der Waals surface area (Å²) in [5.41, 5.74) is 5.88. The van der Waals surface area contributed by atoms with E-state index in [1.807, 2.05) is 7.05 Å². The van der Waals surface area contributed by atoms with Crippen LogP contribution in [0.4, 0.5) is 0 Å². The zero-order valence-corrected chi connectivity index (χ0v) is 16.3. The van der Waals surface area contributed by atoms with E-state index in [1.165, 1.54) is 4.90 Å². The molecule has 0 bridgehead atoms. The SMILES string of the molecule is Cn1cnc(C[C@H](N)C(=O)N2CCC[C@H]2C(=O)NC(=O)[C@H]2NC(=O)C2(C)C)c1. The van der Waals surface area contributed by atoms with Gasteiger partial charge in [0, 0.05) is 26.2 Å². The van der Waals surface area contributed by atoms with E-state index < -0.39 is 35.4 Å². The largest absolute Gasteiger partial charge is 0.343 e. The average Bonchev–Trinajstić information content (AvgIpc) is 3.27. The third-order valence-electron chi connectivity index (χ3n) is 5.43. The number of likely N-dealkylation sites (tertiary alicyclic amines) is 1. The predicted octanol–water partition coefficient (Wildman–Crippen LogP) is -1.55. The van der Waals surface area contributed by atoms with Gasteiger partial charge >= 0.3 is 0 Å². The number of rotatable bonds is 5. The van der Waals surface area contributed by atoms with E-state index in [9.17, 15) is 19.2 Å². The molecular formula is C18H26N6O4. The number of nitrogens with zero attached hydrogens (tertiary/aromatic N) is 3. The van der Waals surface area contributed by atoms with Crippen molar-refractivity contribution < 1.29 is 19.2 Å². The van der Waals surface area contributed by atoms with Crippen molar-refractivity contribution >= 4 is 23.6 Å². The Morgan fingerprint density at radius 3 is 2.68 bits per heavy atom. The molecule has 4 amide bonds. The van der Waals surface area contributed by atoms with Gasteiger partial charge in [-0.25, -0.2) is 4.98 Å². The van der Waals surface area contributed by atoms with Crippen LogP contribution < -0.4 is 16.4 Å². The molecule has 0 radical (unpaired) electrons. The summed E-state index contributed by atoms with van der Waals surface area (Å²) in [5, 5.41) is 4.83. The highest BCUT2D eigenvalue weighted by molar-refractivity contribution is 6.08. The second-order valence-electron chi connectivity index (χ2n) is 8.01. The zero-order chi connectivity index (χ0) is 20.6. The fraction of sp³-hybridized carbons (Fsp3) is 0.611. The van der Waals surface area contributed by atoms with E-state index in [0.29, 0.717) is 25.1 Å². The summed E-state index contributed by atoms with van der Waals surface area (Å²) >= 11 is 0. The molecule has 2 aliphatic heterocycles. The molecule has 2 fully saturated rings. The summed E-state index contributed by atoms with van der Waals surface area (Å²) in [6, 6.07) is -2.32. The van der Waals surface area contributed by atoms with Gasteiger partial charge in [-0.1, -0.05) is 0 Å². The molecule has 4 N–H and O–H groups in total. The van der Waals surface area contributed by atoms with Crippen molar-refractivity contribution in [3.63, 3.8) is 0 Å². The Labute approximate surface area is 162 Å². The minimum atomic E-state index is -0.861. The van der Waals surface area contributed by atoms with Crippen LogP contribution in [0, 0.1) is 5.41 Å². The molecule has 10 heteroatoms. The Morgan fingerprint density at radius 2 is 2.11 bits per heavy atom. The minimum Gasteiger partial charge on any atom is -0.343 e. The van der Waals surface area contributed by atoms with Crippen molar-refractivity contribution in [3.8, 4) is 0 Å². The van der Waals surface area contributed by atoms with Gasteiger partial charge in [-0.05, 0) is 26.7 Å². The number of imidazole rings is 1. The predicted molar refractivity (Wildman–Crippen MR) is 98.5 cm³/mol. The average molecular weight is 390 g/mol. The van der Waals surface area contributed by atoms with Gasteiger partial charge in [-0.3, -0.25) is 24.5 Å². The highest BCUT2D eigenvalue weighted by atomic mass is 16.2. The summed E-state index contributed by atoms with van der Waals surface area (Å²) in [7, 11) is 1.83. The van der Waals surface area contributed by atoms with Crippen molar-refractivity contribution in [1.82, 2.24) is 25.1 Å². The quantitative estimate of drug-likeness (QED) is 0.411. The molecule has 152 valence electrons. The Bertz CT molecular complexity index is 817. The number of amides is 4. The molecule has 1 aromatic heterocycles. The van der Waals surface area contributed by atoms with E-state index >= 15 is 0 Å². The number of β-lactam (4-membered cyclic amide) rings is 1. The van der Waals surface area contributed by atoms with Crippen LogP contribution in [0.1, 0.15) is 32.4 Å². The van der Waals surface area contributed by atoms with Gasteiger partial charge in [0.1, 0.15) is 12.1 Å².